The quantitative estimate of drug-likeness (QED) is 0.00915. The number of nitrogens with one attached hydrogen (secondary N) is 5. The van der Waals surface area contributed by atoms with Crippen molar-refractivity contribution in [2.24, 2.45) is 5.11 Å². The maximum atomic E-state index is 14.2. The smallest absolute Gasteiger partial charge is 0.335 e. The number of carboxylic acids is 1. The van der Waals surface area contributed by atoms with E-state index in [2.05, 4.69) is 51.9 Å². The fraction of sp³-hybridized carbons (Fsp3) is 0.393. The number of rotatable bonds is 27. The van der Waals surface area contributed by atoms with E-state index in [1.807, 2.05) is 0 Å². The number of aromatic nitrogens is 6. The van der Waals surface area contributed by atoms with E-state index < -0.39 is 95.0 Å². The van der Waals surface area contributed by atoms with E-state index in [4.69, 9.17) is 40.3 Å². The van der Waals surface area contributed by atoms with Gasteiger partial charge in [0.1, 0.15) is 54.2 Å². The first kappa shape index (κ1) is 104. The van der Waals surface area contributed by atoms with Gasteiger partial charge in [-0.05, 0) is 144 Å². The number of fused-ring (bicyclic) bond motifs is 3. The number of amides is 9. The average molecular weight is 1840 g/mol. The zero-order valence-corrected chi connectivity index (χ0v) is 71.6. The Balaban J connectivity index is 0.000000318. The molecule has 42 heteroatoms. The molecule has 0 radical (unpaired) electrons. The first-order valence-electron chi connectivity index (χ1n) is 38.4. The van der Waals surface area contributed by atoms with Crippen LogP contribution in [0.1, 0.15) is 172 Å². The van der Waals surface area contributed by atoms with Crippen LogP contribution < -0.4 is 26.6 Å². The highest BCUT2D eigenvalue weighted by Crippen LogP contribution is 2.31. The number of hydrogen-bond donors (Lipinski definition) is 6. The molecule has 0 spiro atoms. The lowest BCUT2D eigenvalue weighted by Crippen LogP contribution is -2.47. The SMILES string of the molecule is C.C.CC(=O)c1nn(CC(=O)N(CC(=O)NCc2cccc(Cl)c2F)C(C)C)c2ccc(C(=O)N=[N+]=[N-])cc12.CC(=O)c1nn(CC(=O)N(CC(=O)NCc2cccc(Cl)c2F)C(C)C)c2ccc(C(=O)O)cc12.CC(=O)c1nn(CC(=O)N(CC(=O)NCc2cccc(Cl)c2F)C(C)C)c2ccc(NC(=O)N3CCCC(F)(F)C3)cc12.Cl.FC1(F)CCCNC1. The number of anilines is 1. The number of azide groups is 1. The van der Waals surface area contributed by atoms with Crippen molar-refractivity contribution in [2.45, 2.75) is 172 Å². The molecule has 5 heterocycles. The predicted molar refractivity (Wildman–Crippen MR) is 462 cm³/mol. The van der Waals surface area contributed by atoms with Gasteiger partial charge in [-0.3, -0.25) is 62.0 Å². The van der Waals surface area contributed by atoms with Crippen LogP contribution in [0.2, 0.25) is 15.1 Å². The third kappa shape index (κ3) is 28.2. The summed E-state index contributed by atoms with van der Waals surface area (Å²) in [6, 6.07) is 24.7. The molecule has 2 aliphatic heterocycles. The van der Waals surface area contributed by atoms with Crippen molar-refractivity contribution in [2.75, 3.05) is 51.1 Å². The van der Waals surface area contributed by atoms with Gasteiger partial charge in [0, 0.05) is 127 Å². The van der Waals surface area contributed by atoms with Crippen LogP contribution in [0, 0.1) is 17.5 Å². The second kappa shape index (κ2) is 46.8. The van der Waals surface area contributed by atoms with Gasteiger partial charge in [-0.1, -0.05) is 86.1 Å². The van der Waals surface area contributed by atoms with Crippen LogP contribution in [0.3, 0.4) is 0 Å². The summed E-state index contributed by atoms with van der Waals surface area (Å²) in [4.78, 5) is 157. The normalized spacial score (nSPS) is 13.0. The summed E-state index contributed by atoms with van der Waals surface area (Å²) in [5.74, 6) is -13.2. The molecule has 11 rings (SSSR count). The number of hydrogen-bond acceptors (Lipinski definition) is 16. The van der Waals surface area contributed by atoms with Gasteiger partial charge in [0.15, 0.2) is 17.3 Å². The summed E-state index contributed by atoms with van der Waals surface area (Å²) < 4.78 is 98.1. The van der Waals surface area contributed by atoms with Crippen molar-refractivity contribution in [1.82, 2.24) is 70.2 Å². The Morgan fingerprint density at radius 2 is 0.889 bits per heavy atom. The molecule has 3 aromatic heterocycles. The molecule has 2 aliphatic rings. The number of nitrogens with zero attached hydrogens (tertiary/aromatic N) is 13. The van der Waals surface area contributed by atoms with E-state index >= 15 is 0 Å². The first-order valence-corrected chi connectivity index (χ1v) is 39.5. The minimum absolute atomic E-state index is 0. The van der Waals surface area contributed by atoms with Crippen molar-refractivity contribution in [3.8, 4) is 0 Å². The van der Waals surface area contributed by atoms with Gasteiger partial charge in [0.05, 0.1) is 69.9 Å². The van der Waals surface area contributed by atoms with Gasteiger partial charge in [0.25, 0.3) is 11.8 Å². The van der Waals surface area contributed by atoms with Gasteiger partial charge in [0.2, 0.25) is 41.4 Å². The Morgan fingerprint density at radius 1 is 0.532 bits per heavy atom. The topological polar surface area (TPSA) is 400 Å². The molecule has 6 aromatic carbocycles. The van der Waals surface area contributed by atoms with Crippen molar-refractivity contribution >= 4 is 156 Å². The molecule has 0 aliphatic carbocycles. The lowest BCUT2D eigenvalue weighted by atomic mass is 10.1. The van der Waals surface area contributed by atoms with E-state index in [1.165, 1.54) is 134 Å². The Kier molecular flexibility index (Phi) is 38.8. The molecule has 6 N–H and O–H groups in total. The molecule has 2 saturated heterocycles. The number of halogens is 11. The Bertz CT molecular complexity index is 5580. The van der Waals surface area contributed by atoms with Crippen LogP contribution >= 0.6 is 47.2 Å². The van der Waals surface area contributed by atoms with Crippen molar-refractivity contribution in [1.29, 1.82) is 0 Å². The number of urea groups is 1. The fourth-order valence-electron chi connectivity index (χ4n) is 12.9. The van der Waals surface area contributed by atoms with Crippen LogP contribution in [0.15, 0.2) is 114 Å². The summed E-state index contributed by atoms with van der Waals surface area (Å²) in [7, 11) is 0. The Labute approximate surface area is 741 Å². The lowest BCUT2D eigenvalue weighted by Gasteiger charge is -2.32. The lowest BCUT2D eigenvalue weighted by molar-refractivity contribution is -0.138. The first-order chi connectivity index (χ1) is 58.0. The van der Waals surface area contributed by atoms with Gasteiger partial charge >= 0.3 is 12.0 Å². The number of aromatic carboxylic acids is 1. The maximum absolute atomic E-state index is 14.2. The molecule has 678 valence electrons. The molecule has 0 atom stereocenters. The Hall–Kier alpha value is -12.1. The number of benzene rings is 6. The minimum atomic E-state index is -2.95. The van der Waals surface area contributed by atoms with Crippen LogP contribution in [0.4, 0.5) is 41.2 Å². The van der Waals surface area contributed by atoms with Crippen molar-refractivity contribution in [3.63, 3.8) is 0 Å². The maximum Gasteiger partial charge on any atom is 0.335 e. The van der Waals surface area contributed by atoms with E-state index in [0.29, 0.717) is 39.1 Å². The summed E-state index contributed by atoms with van der Waals surface area (Å²) in [5, 5.41) is 38.9. The van der Waals surface area contributed by atoms with Crippen LogP contribution in [-0.2, 0) is 68.0 Å². The van der Waals surface area contributed by atoms with Crippen molar-refractivity contribution < 1.29 is 93.4 Å². The number of piperidine rings is 2. The summed E-state index contributed by atoms with van der Waals surface area (Å²) in [5.41, 5.74) is 10.8. The zero-order valence-electron chi connectivity index (χ0n) is 68.5. The van der Waals surface area contributed by atoms with E-state index in [9.17, 15) is 93.4 Å². The van der Waals surface area contributed by atoms with Gasteiger partial charge in [-0.15, -0.1) is 12.4 Å². The standard InChI is InChI=1S/C29H32ClF3N6O4.C24H23ClFN7O4.C24H24ClFN4O5.C5H9F2N.2CH4.ClH/c1-17(2)38(14-24(41)34-13-19-6-4-7-22(30)26(19)31)25(42)15-39-23-9-8-20(12-21(23)27(36-39)18(3)40)35-28(43)37-11-5-10-29(32,33)16-37;1-13(2)32(11-20(35)28-10-16-5-4-6-18(25)22(16)26)21(36)12-33-19-8-7-15(24(37)29-31-27)9-17(19)23(30-33)14(3)34;1-13(2)29(11-20(32)27-10-16-5-4-6-18(25)22(16)26)21(33)12-30-19-8-7-15(24(34)35)9-17(19)23(28-30)14(3)31;6-5(7)2-1-3-8-4-5;;;/h4,6-9,12,17H,5,10-11,13-16H2,1-3H3,(H,34,41)(H,35,43);4-9,13H,10-12H2,1-3H3,(H,28,35);4-9,13H,10-12H2,1-3H3,(H,27,32)(H,34,35);8H,1-4H2;2*1H4;1H. The van der Waals surface area contributed by atoms with E-state index in [1.54, 1.807) is 65.8 Å². The van der Waals surface area contributed by atoms with E-state index in [0.717, 1.165) is 11.4 Å². The number of Topliss-reactive ketones (excluding diaryl/α,β-unsaturated/α-hetero) is 3. The predicted octanol–water partition coefficient (Wildman–Crippen LogP) is 14.9. The molecule has 126 heavy (non-hydrogen) atoms. The van der Waals surface area contributed by atoms with Crippen LogP contribution in [0.25, 0.3) is 43.2 Å². The second-order valence-electron chi connectivity index (χ2n) is 29.4. The molecule has 31 nitrogen and oxygen atoms in total. The molecule has 9 aromatic rings. The number of carbonyl (C=O) groups excluding carboxylic acids is 11. The molecule has 9 amide bonds. The molecular weight excluding hydrogens is 1740 g/mol. The average Bonchev–Trinajstić information content (AvgIpc) is 1.64. The Morgan fingerprint density at radius 3 is 1.21 bits per heavy atom. The molecule has 2 fully saturated rings. The van der Waals surface area contributed by atoms with E-state index in [-0.39, 0.29) is 214 Å². The largest absolute Gasteiger partial charge is 0.478 e. The number of alkyl halides is 4. The molecule has 0 bridgehead atoms. The highest BCUT2D eigenvalue weighted by Gasteiger charge is 2.38. The van der Waals surface area contributed by atoms with Gasteiger partial charge in [-0.2, -0.15) is 15.3 Å². The molecule has 0 saturated carbocycles. The van der Waals surface area contributed by atoms with Gasteiger partial charge in [-0.25, -0.2) is 40.3 Å². The number of carbonyl (C=O) groups is 12. The highest BCUT2D eigenvalue weighted by molar-refractivity contribution is 6.31. The minimum Gasteiger partial charge on any atom is -0.478 e. The zero-order chi connectivity index (χ0) is 90.6. The van der Waals surface area contributed by atoms with Gasteiger partial charge < -0.3 is 51.3 Å². The molecular formula is C84H97Cl4F7N18O13. The second-order valence-corrected chi connectivity index (χ2v) is 30.7. The number of carboxylic acid groups (broad SMARTS) is 1. The highest BCUT2D eigenvalue weighted by atomic mass is 35.5. The van der Waals surface area contributed by atoms with Crippen molar-refractivity contribution in [3.05, 3.63) is 197 Å². The monoisotopic (exact) mass is 1840 g/mol. The number of ketones is 3. The summed E-state index contributed by atoms with van der Waals surface area (Å²) in [6.07, 6.45) is 0.571. The molecule has 0 unspecified atom stereocenters. The van der Waals surface area contributed by atoms with Crippen LogP contribution in [-0.4, -0.2) is 201 Å². The third-order valence-corrected chi connectivity index (χ3v) is 20.1. The summed E-state index contributed by atoms with van der Waals surface area (Å²) in [6.45, 7) is 12.4. The number of likely N-dealkylation sites (tertiary alicyclic amines) is 1. The fourth-order valence-corrected chi connectivity index (χ4v) is 13.5. The van der Waals surface area contributed by atoms with Crippen LogP contribution in [0.5, 0.6) is 0 Å². The summed E-state index contributed by atoms with van der Waals surface area (Å²) >= 11 is 17.3. The third-order valence-electron chi connectivity index (χ3n) is 19.2.